The van der Waals surface area contributed by atoms with Crippen LogP contribution in [-0.2, 0) is 4.79 Å². The summed E-state index contributed by atoms with van der Waals surface area (Å²) in [6.07, 6.45) is 1.30. The molecule has 0 unspecified atom stereocenters. The normalized spacial score (nSPS) is 18.0. The standard InChI is InChI=1S/C10H7BrFN3OS/c11-7-3-1-2-6(9(7)12)4-13-15-10-14-8(16)5-17-10/h1-4H,5H2,(H,14,15,16). The van der Waals surface area contributed by atoms with Crippen LogP contribution < -0.4 is 5.32 Å². The van der Waals surface area contributed by atoms with Gasteiger partial charge in [0.2, 0.25) is 5.91 Å². The molecule has 1 amide bonds. The van der Waals surface area contributed by atoms with Crippen molar-refractivity contribution >= 4 is 45.0 Å². The summed E-state index contributed by atoms with van der Waals surface area (Å²) >= 11 is 4.34. The molecule has 0 bridgehead atoms. The van der Waals surface area contributed by atoms with Gasteiger partial charge in [-0.1, -0.05) is 23.9 Å². The van der Waals surface area contributed by atoms with E-state index in [1.807, 2.05) is 0 Å². The molecule has 1 aromatic carbocycles. The molecule has 0 aliphatic carbocycles. The predicted molar refractivity (Wildman–Crippen MR) is 69.7 cm³/mol. The highest BCUT2D eigenvalue weighted by Gasteiger charge is 2.15. The molecule has 1 heterocycles. The van der Waals surface area contributed by atoms with Crippen LogP contribution in [0, 0.1) is 5.82 Å². The molecule has 1 N–H and O–H groups in total. The van der Waals surface area contributed by atoms with Crippen LogP contribution in [0.15, 0.2) is 32.9 Å². The summed E-state index contributed by atoms with van der Waals surface area (Å²) in [5.74, 6) is -0.142. The van der Waals surface area contributed by atoms with E-state index in [0.29, 0.717) is 21.0 Å². The van der Waals surface area contributed by atoms with Crippen LogP contribution >= 0.6 is 27.7 Å². The van der Waals surface area contributed by atoms with Crippen LogP contribution in [0.5, 0.6) is 0 Å². The molecule has 2 rings (SSSR count). The van der Waals surface area contributed by atoms with Crippen LogP contribution in [0.2, 0.25) is 0 Å². The molecular weight excluding hydrogens is 309 g/mol. The van der Waals surface area contributed by atoms with Crippen molar-refractivity contribution in [3.8, 4) is 0 Å². The second-order valence-electron chi connectivity index (χ2n) is 3.13. The van der Waals surface area contributed by atoms with E-state index < -0.39 is 0 Å². The smallest absolute Gasteiger partial charge is 0.236 e. The molecule has 0 atom stereocenters. The van der Waals surface area contributed by atoms with Crippen molar-refractivity contribution in [1.29, 1.82) is 0 Å². The fraction of sp³-hybridized carbons (Fsp3) is 0.100. The topological polar surface area (TPSA) is 53.8 Å². The average Bonchev–Trinajstić information content (AvgIpc) is 2.70. The molecule has 88 valence electrons. The quantitative estimate of drug-likeness (QED) is 0.671. The van der Waals surface area contributed by atoms with Gasteiger partial charge in [-0.15, -0.1) is 5.10 Å². The lowest BCUT2D eigenvalue weighted by molar-refractivity contribution is -0.116. The zero-order chi connectivity index (χ0) is 12.3. The number of thioether (sulfide) groups is 1. The number of hydrogen-bond acceptors (Lipinski definition) is 4. The molecule has 0 aromatic heterocycles. The van der Waals surface area contributed by atoms with Crippen molar-refractivity contribution in [2.45, 2.75) is 0 Å². The summed E-state index contributed by atoms with van der Waals surface area (Å²) in [7, 11) is 0. The van der Waals surface area contributed by atoms with Gasteiger partial charge in [-0.05, 0) is 22.0 Å². The summed E-state index contributed by atoms with van der Waals surface area (Å²) < 4.78 is 13.9. The van der Waals surface area contributed by atoms with Gasteiger partial charge < -0.3 is 5.32 Å². The third-order valence-corrected chi connectivity index (χ3v) is 3.39. The Morgan fingerprint density at radius 1 is 1.53 bits per heavy atom. The Morgan fingerprint density at radius 3 is 3.06 bits per heavy atom. The number of halogens is 2. The minimum absolute atomic E-state index is 0.0995. The molecule has 1 aliphatic rings. The second kappa shape index (κ2) is 5.42. The number of nitrogens with one attached hydrogen (secondary N) is 1. The van der Waals surface area contributed by atoms with Gasteiger partial charge in [0.1, 0.15) is 5.82 Å². The highest BCUT2D eigenvalue weighted by atomic mass is 79.9. The van der Waals surface area contributed by atoms with E-state index in [9.17, 15) is 9.18 Å². The van der Waals surface area contributed by atoms with E-state index in [4.69, 9.17) is 0 Å². The molecule has 0 spiro atoms. The van der Waals surface area contributed by atoms with E-state index in [0.717, 1.165) is 0 Å². The van der Waals surface area contributed by atoms with Crippen LogP contribution in [0.4, 0.5) is 4.39 Å². The highest BCUT2D eigenvalue weighted by Crippen LogP contribution is 2.17. The molecule has 1 saturated heterocycles. The Labute approximate surface area is 110 Å². The number of carbonyl (C=O) groups excluding carboxylic acids is 1. The van der Waals surface area contributed by atoms with Crippen molar-refractivity contribution in [2.75, 3.05) is 5.75 Å². The third-order valence-electron chi connectivity index (χ3n) is 1.91. The number of amides is 1. The summed E-state index contributed by atoms with van der Waals surface area (Å²) in [5.41, 5.74) is 0.332. The predicted octanol–water partition coefficient (Wildman–Crippen LogP) is 2.14. The van der Waals surface area contributed by atoms with Gasteiger partial charge in [0.15, 0.2) is 5.17 Å². The minimum Gasteiger partial charge on any atom is -0.303 e. The molecule has 4 nitrogen and oxygen atoms in total. The lowest BCUT2D eigenvalue weighted by Crippen LogP contribution is -2.19. The van der Waals surface area contributed by atoms with E-state index in [1.54, 1.807) is 18.2 Å². The maximum atomic E-state index is 13.5. The van der Waals surface area contributed by atoms with Gasteiger partial charge in [0.05, 0.1) is 16.4 Å². The van der Waals surface area contributed by atoms with Crippen molar-refractivity contribution in [3.05, 3.63) is 34.1 Å². The second-order valence-corrected chi connectivity index (χ2v) is 4.95. The number of hydrogen-bond donors (Lipinski definition) is 1. The molecule has 0 saturated carbocycles. The maximum absolute atomic E-state index is 13.5. The fourth-order valence-corrected chi connectivity index (χ4v) is 2.16. The van der Waals surface area contributed by atoms with Gasteiger partial charge in [0, 0.05) is 5.56 Å². The van der Waals surface area contributed by atoms with Gasteiger partial charge >= 0.3 is 0 Å². The van der Waals surface area contributed by atoms with E-state index in [-0.39, 0.29) is 11.7 Å². The summed E-state index contributed by atoms with van der Waals surface area (Å²) in [6.45, 7) is 0. The van der Waals surface area contributed by atoms with Crippen LogP contribution in [0.1, 0.15) is 5.56 Å². The zero-order valence-corrected chi connectivity index (χ0v) is 10.9. The van der Waals surface area contributed by atoms with Gasteiger partial charge in [-0.3, -0.25) is 4.79 Å². The van der Waals surface area contributed by atoms with E-state index >= 15 is 0 Å². The molecular formula is C10H7BrFN3OS. The van der Waals surface area contributed by atoms with Crippen molar-refractivity contribution < 1.29 is 9.18 Å². The Morgan fingerprint density at radius 2 is 2.35 bits per heavy atom. The summed E-state index contributed by atoms with van der Waals surface area (Å²) in [4.78, 5) is 10.9. The monoisotopic (exact) mass is 315 g/mol. The van der Waals surface area contributed by atoms with Crippen LogP contribution in [0.3, 0.4) is 0 Å². The zero-order valence-electron chi connectivity index (χ0n) is 8.48. The molecule has 7 heteroatoms. The lowest BCUT2D eigenvalue weighted by atomic mass is 10.2. The first-order valence-corrected chi connectivity index (χ1v) is 6.42. The molecule has 1 fully saturated rings. The van der Waals surface area contributed by atoms with Gasteiger partial charge in [-0.2, -0.15) is 5.10 Å². The Bertz CT molecular complexity index is 518. The average molecular weight is 316 g/mol. The maximum Gasteiger partial charge on any atom is 0.236 e. The third kappa shape index (κ3) is 3.13. The lowest BCUT2D eigenvalue weighted by Gasteiger charge is -1.97. The molecule has 1 aliphatic heterocycles. The van der Waals surface area contributed by atoms with E-state index in [1.165, 1.54) is 18.0 Å². The number of carbonyl (C=O) groups is 1. The van der Waals surface area contributed by atoms with Gasteiger partial charge in [-0.25, -0.2) is 4.39 Å². The van der Waals surface area contributed by atoms with Crippen molar-refractivity contribution in [1.82, 2.24) is 5.32 Å². The number of benzene rings is 1. The fourth-order valence-electron chi connectivity index (χ4n) is 1.14. The van der Waals surface area contributed by atoms with E-state index in [2.05, 4.69) is 31.4 Å². The highest BCUT2D eigenvalue weighted by molar-refractivity contribution is 9.10. The largest absolute Gasteiger partial charge is 0.303 e. The Balaban J connectivity index is 2.11. The van der Waals surface area contributed by atoms with Crippen LogP contribution in [-0.4, -0.2) is 23.0 Å². The summed E-state index contributed by atoms with van der Waals surface area (Å²) in [5, 5.41) is 10.5. The van der Waals surface area contributed by atoms with Crippen LogP contribution in [0.25, 0.3) is 0 Å². The van der Waals surface area contributed by atoms with Crippen molar-refractivity contribution in [3.63, 3.8) is 0 Å². The number of amidine groups is 1. The number of nitrogens with zero attached hydrogens (tertiary/aromatic N) is 2. The summed E-state index contributed by atoms with van der Waals surface area (Å²) in [6, 6.07) is 4.89. The first-order chi connectivity index (χ1) is 8.16. The van der Waals surface area contributed by atoms with Crippen molar-refractivity contribution in [2.24, 2.45) is 10.2 Å². The first-order valence-electron chi connectivity index (χ1n) is 4.64. The number of rotatable bonds is 2. The molecule has 0 radical (unpaired) electrons. The Hall–Kier alpha value is -1.21. The van der Waals surface area contributed by atoms with Gasteiger partial charge in [0.25, 0.3) is 0 Å². The Kier molecular flexibility index (Phi) is 3.90. The molecule has 17 heavy (non-hydrogen) atoms. The SMILES string of the molecule is O=C1CSC(=NN=Cc2cccc(Br)c2F)N1. The molecule has 1 aromatic rings. The first kappa shape index (κ1) is 12.3. The minimum atomic E-state index is -0.389.